The summed E-state index contributed by atoms with van der Waals surface area (Å²) in [6.45, 7) is 4.54. The minimum Gasteiger partial charge on any atom is -0.491 e. The molecule has 0 bridgehead atoms. The smallest absolute Gasteiger partial charge is 0.309 e. The number of carbonyl (C=O) groups is 2. The second kappa shape index (κ2) is 9.47. The second-order valence-electron chi connectivity index (χ2n) is 5.95. The van der Waals surface area contributed by atoms with Crippen molar-refractivity contribution in [2.45, 2.75) is 32.9 Å². The Morgan fingerprint density at radius 1 is 0.920 bits per heavy atom. The molecule has 0 radical (unpaired) electrons. The third-order valence-electron chi connectivity index (χ3n) is 3.52. The minimum absolute atomic E-state index is 0.0399. The Morgan fingerprint density at radius 2 is 1.56 bits per heavy atom. The average Bonchev–Trinajstić information content (AvgIpc) is 2.61. The highest BCUT2D eigenvalue weighted by Gasteiger charge is 2.13. The van der Waals surface area contributed by atoms with Gasteiger partial charge in [0, 0.05) is 18.7 Å². The Kier molecular flexibility index (Phi) is 7.01. The van der Waals surface area contributed by atoms with Crippen LogP contribution in [0.25, 0.3) is 0 Å². The van der Waals surface area contributed by atoms with Crippen molar-refractivity contribution in [3.8, 4) is 5.75 Å². The monoisotopic (exact) mass is 340 g/mol. The molecule has 0 atom stereocenters. The molecule has 0 spiro atoms. The van der Waals surface area contributed by atoms with Crippen molar-refractivity contribution in [3.63, 3.8) is 0 Å². The first-order chi connectivity index (χ1) is 12.1. The van der Waals surface area contributed by atoms with Crippen molar-refractivity contribution < 1.29 is 14.3 Å². The van der Waals surface area contributed by atoms with E-state index in [9.17, 15) is 9.59 Å². The second-order valence-corrected chi connectivity index (χ2v) is 5.95. The number of carbonyl (C=O) groups excluding carboxylic acids is 2. The van der Waals surface area contributed by atoms with E-state index in [0.29, 0.717) is 18.7 Å². The van der Waals surface area contributed by atoms with Crippen LogP contribution in [0.15, 0.2) is 54.6 Å². The molecule has 2 amide bonds. The first-order valence-electron chi connectivity index (χ1n) is 8.41. The van der Waals surface area contributed by atoms with Gasteiger partial charge in [-0.25, -0.2) is 0 Å². The van der Waals surface area contributed by atoms with Crippen LogP contribution in [0.4, 0.5) is 0 Å². The molecule has 132 valence electrons. The van der Waals surface area contributed by atoms with Gasteiger partial charge < -0.3 is 15.4 Å². The van der Waals surface area contributed by atoms with Crippen molar-refractivity contribution in [3.05, 3.63) is 65.7 Å². The summed E-state index contributed by atoms with van der Waals surface area (Å²) in [5.74, 6) is -0.562. The van der Waals surface area contributed by atoms with Crippen molar-refractivity contribution in [2.24, 2.45) is 0 Å². The molecule has 0 aromatic heterocycles. The number of hydrogen-bond acceptors (Lipinski definition) is 3. The number of benzene rings is 2. The number of hydrogen-bond donors (Lipinski definition) is 2. The van der Waals surface area contributed by atoms with Crippen LogP contribution >= 0.6 is 0 Å². The molecule has 5 heteroatoms. The topological polar surface area (TPSA) is 67.4 Å². The Labute approximate surface area is 148 Å². The van der Waals surface area contributed by atoms with E-state index < -0.39 is 11.8 Å². The summed E-state index contributed by atoms with van der Waals surface area (Å²) in [5, 5.41) is 5.26. The molecule has 2 rings (SSSR count). The molecule has 0 saturated carbocycles. The van der Waals surface area contributed by atoms with Gasteiger partial charge in [-0.3, -0.25) is 9.59 Å². The summed E-state index contributed by atoms with van der Waals surface area (Å²) in [6, 6.07) is 17.3. The normalized spacial score (nSPS) is 10.4. The largest absolute Gasteiger partial charge is 0.491 e. The van der Waals surface area contributed by atoms with Crippen molar-refractivity contribution in [1.82, 2.24) is 10.6 Å². The van der Waals surface area contributed by atoms with E-state index in [0.717, 1.165) is 11.1 Å². The summed E-state index contributed by atoms with van der Waals surface area (Å²) in [5.41, 5.74) is 1.95. The third-order valence-corrected chi connectivity index (χ3v) is 3.52. The maximum Gasteiger partial charge on any atom is 0.309 e. The predicted molar refractivity (Wildman–Crippen MR) is 97.2 cm³/mol. The molecule has 0 aliphatic heterocycles. The van der Waals surface area contributed by atoms with Crippen molar-refractivity contribution in [2.75, 3.05) is 6.54 Å². The van der Waals surface area contributed by atoms with Gasteiger partial charge in [-0.05, 0) is 31.9 Å². The molecule has 0 fully saturated rings. The van der Waals surface area contributed by atoms with E-state index in [2.05, 4.69) is 10.6 Å². The molecule has 2 aromatic rings. The van der Waals surface area contributed by atoms with Gasteiger partial charge in [0.15, 0.2) is 0 Å². The lowest BCUT2D eigenvalue weighted by atomic mass is 10.1. The highest BCUT2D eigenvalue weighted by Crippen LogP contribution is 2.18. The van der Waals surface area contributed by atoms with Gasteiger partial charge in [-0.2, -0.15) is 0 Å². The number of ether oxygens (including phenoxy) is 1. The van der Waals surface area contributed by atoms with Gasteiger partial charge in [0.2, 0.25) is 0 Å². The molecule has 25 heavy (non-hydrogen) atoms. The van der Waals surface area contributed by atoms with Gasteiger partial charge >= 0.3 is 11.8 Å². The van der Waals surface area contributed by atoms with Crippen LogP contribution in [0.1, 0.15) is 25.0 Å². The lowest BCUT2D eigenvalue weighted by molar-refractivity contribution is -0.139. The molecule has 0 aliphatic rings. The molecular weight excluding hydrogens is 316 g/mol. The van der Waals surface area contributed by atoms with E-state index in [-0.39, 0.29) is 12.6 Å². The Bertz CT molecular complexity index is 699. The zero-order valence-corrected chi connectivity index (χ0v) is 14.6. The van der Waals surface area contributed by atoms with Crippen molar-refractivity contribution >= 4 is 11.8 Å². The fourth-order valence-electron chi connectivity index (χ4n) is 2.32. The fourth-order valence-corrected chi connectivity index (χ4v) is 2.32. The first-order valence-corrected chi connectivity index (χ1v) is 8.41. The van der Waals surface area contributed by atoms with Crippen LogP contribution in [-0.4, -0.2) is 24.5 Å². The zero-order chi connectivity index (χ0) is 18.1. The highest BCUT2D eigenvalue weighted by molar-refractivity contribution is 6.35. The molecule has 0 unspecified atom stereocenters. The number of rotatable bonds is 7. The van der Waals surface area contributed by atoms with Gasteiger partial charge in [-0.15, -0.1) is 0 Å². The standard InChI is InChI=1S/C20H24N2O3/c1-15(2)25-18-11-7-6-10-17(18)14-22-20(24)19(23)21-13-12-16-8-4-3-5-9-16/h3-11,15H,12-14H2,1-2H3,(H,21,23)(H,22,24). The minimum atomic E-state index is -0.646. The summed E-state index contributed by atoms with van der Waals surface area (Å²) in [6.07, 6.45) is 0.725. The SMILES string of the molecule is CC(C)Oc1ccccc1CNC(=O)C(=O)NCCc1ccccc1. The van der Waals surface area contributed by atoms with Crippen LogP contribution < -0.4 is 15.4 Å². The Hall–Kier alpha value is -2.82. The Balaban J connectivity index is 1.79. The summed E-state index contributed by atoms with van der Waals surface area (Å²) in [4.78, 5) is 23.8. The molecule has 0 heterocycles. The van der Waals surface area contributed by atoms with E-state index >= 15 is 0 Å². The molecule has 0 aliphatic carbocycles. The quantitative estimate of drug-likeness (QED) is 0.761. The summed E-state index contributed by atoms with van der Waals surface area (Å²) in [7, 11) is 0. The van der Waals surface area contributed by atoms with E-state index in [1.807, 2.05) is 68.4 Å². The lowest BCUT2D eigenvalue weighted by Gasteiger charge is -2.14. The molecule has 0 saturated heterocycles. The van der Waals surface area contributed by atoms with Crippen LogP contribution in [0.2, 0.25) is 0 Å². The first kappa shape index (κ1) is 18.5. The number of para-hydroxylation sites is 1. The van der Waals surface area contributed by atoms with E-state index in [1.165, 1.54) is 0 Å². The maximum absolute atomic E-state index is 11.9. The summed E-state index contributed by atoms with van der Waals surface area (Å²) >= 11 is 0. The van der Waals surface area contributed by atoms with Gasteiger partial charge in [0.25, 0.3) is 0 Å². The third kappa shape index (κ3) is 6.30. The van der Waals surface area contributed by atoms with E-state index in [4.69, 9.17) is 4.74 Å². The number of amides is 2. The van der Waals surface area contributed by atoms with Gasteiger partial charge in [-0.1, -0.05) is 48.5 Å². The van der Waals surface area contributed by atoms with Crippen LogP contribution in [0, 0.1) is 0 Å². The maximum atomic E-state index is 11.9. The summed E-state index contributed by atoms with van der Waals surface area (Å²) < 4.78 is 5.70. The van der Waals surface area contributed by atoms with Crippen LogP contribution in [0.5, 0.6) is 5.75 Å². The van der Waals surface area contributed by atoms with E-state index in [1.54, 1.807) is 0 Å². The highest BCUT2D eigenvalue weighted by atomic mass is 16.5. The van der Waals surface area contributed by atoms with Crippen LogP contribution in [-0.2, 0) is 22.6 Å². The number of nitrogens with one attached hydrogen (secondary N) is 2. The van der Waals surface area contributed by atoms with Gasteiger partial charge in [0.05, 0.1) is 6.10 Å². The molecular formula is C20H24N2O3. The fraction of sp³-hybridized carbons (Fsp3) is 0.300. The zero-order valence-electron chi connectivity index (χ0n) is 14.6. The van der Waals surface area contributed by atoms with Crippen LogP contribution in [0.3, 0.4) is 0 Å². The average molecular weight is 340 g/mol. The molecule has 5 nitrogen and oxygen atoms in total. The predicted octanol–water partition coefficient (Wildman–Crippen LogP) is 2.45. The lowest BCUT2D eigenvalue weighted by Crippen LogP contribution is -2.40. The Morgan fingerprint density at radius 3 is 2.28 bits per heavy atom. The van der Waals surface area contributed by atoms with Gasteiger partial charge in [0.1, 0.15) is 5.75 Å². The molecule has 2 aromatic carbocycles. The van der Waals surface area contributed by atoms with Crippen molar-refractivity contribution in [1.29, 1.82) is 0 Å². The molecule has 2 N–H and O–H groups in total.